The van der Waals surface area contributed by atoms with Gasteiger partial charge in [0, 0.05) is 6.54 Å². The van der Waals surface area contributed by atoms with Crippen LogP contribution in [0.4, 0.5) is 4.39 Å². The molecule has 1 saturated heterocycles. The van der Waals surface area contributed by atoms with E-state index in [1.165, 1.54) is 18.2 Å². The molecule has 0 unspecified atom stereocenters. The summed E-state index contributed by atoms with van der Waals surface area (Å²) in [6.07, 6.45) is 1.82. The van der Waals surface area contributed by atoms with Crippen LogP contribution in [0.5, 0.6) is 0 Å². The van der Waals surface area contributed by atoms with Crippen molar-refractivity contribution in [2.75, 3.05) is 19.6 Å². The van der Waals surface area contributed by atoms with E-state index in [0.717, 1.165) is 32.0 Å². The van der Waals surface area contributed by atoms with E-state index in [9.17, 15) is 12.8 Å². The van der Waals surface area contributed by atoms with Gasteiger partial charge in [0.15, 0.2) is 0 Å². The second-order valence-electron chi connectivity index (χ2n) is 5.32. The summed E-state index contributed by atoms with van der Waals surface area (Å²) in [6, 6.07) is 5.43. The molecular formula is C13H20ClFN2O2S. The van der Waals surface area contributed by atoms with E-state index in [-0.39, 0.29) is 22.7 Å². The predicted octanol–water partition coefficient (Wildman–Crippen LogP) is 1.92. The number of sulfonamides is 1. The second kappa shape index (κ2) is 6.85. The highest BCUT2D eigenvalue weighted by Gasteiger charge is 2.29. The second-order valence-corrected chi connectivity index (χ2v) is 7.05. The van der Waals surface area contributed by atoms with Gasteiger partial charge in [-0.15, -0.1) is 12.4 Å². The first kappa shape index (κ1) is 17.4. The molecule has 0 saturated carbocycles. The SMILES string of the molecule is CC1(CNS(=O)(=O)c2ccccc2F)CCNCC1.Cl. The molecule has 0 radical (unpaired) electrons. The van der Waals surface area contributed by atoms with Crippen LogP contribution in [0.3, 0.4) is 0 Å². The largest absolute Gasteiger partial charge is 0.317 e. The highest BCUT2D eigenvalue weighted by Crippen LogP contribution is 2.27. The maximum absolute atomic E-state index is 13.5. The molecule has 0 aromatic heterocycles. The van der Waals surface area contributed by atoms with Gasteiger partial charge >= 0.3 is 0 Å². The van der Waals surface area contributed by atoms with E-state index in [1.54, 1.807) is 0 Å². The van der Waals surface area contributed by atoms with E-state index in [1.807, 2.05) is 0 Å². The minimum atomic E-state index is -3.77. The molecule has 4 nitrogen and oxygen atoms in total. The van der Waals surface area contributed by atoms with Gasteiger partial charge in [0.05, 0.1) is 0 Å². The Balaban J connectivity index is 0.00000200. The smallest absolute Gasteiger partial charge is 0.243 e. The Bertz CT molecular complexity index is 545. The average molecular weight is 323 g/mol. The quantitative estimate of drug-likeness (QED) is 0.890. The van der Waals surface area contributed by atoms with Crippen LogP contribution >= 0.6 is 12.4 Å². The molecule has 7 heteroatoms. The fourth-order valence-corrected chi connectivity index (χ4v) is 3.49. The van der Waals surface area contributed by atoms with Gasteiger partial charge in [-0.2, -0.15) is 0 Å². The minimum absolute atomic E-state index is 0. The molecule has 0 aliphatic carbocycles. The molecule has 1 aliphatic rings. The molecule has 0 bridgehead atoms. The molecule has 1 heterocycles. The normalized spacial score (nSPS) is 18.3. The summed E-state index contributed by atoms with van der Waals surface area (Å²) in [5.74, 6) is -0.717. The van der Waals surface area contributed by atoms with Crippen molar-refractivity contribution >= 4 is 22.4 Å². The van der Waals surface area contributed by atoms with Gasteiger partial charge in [0.2, 0.25) is 10.0 Å². The van der Waals surface area contributed by atoms with E-state index in [4.69, 9.17) is 0 Å². The van der Waals surface area contributed by atoms with Crippen LogP contribution in [0, 0.1) is 11.2 Å². The van der Waals surface area contributed by atoms with Gasteiger partial charge in [0.1, 0.15) is 10.7 Å². The number of rotatable bonds is 4. The zero-order valence-electron chi connectivity index (χ0n) is 11.4. The Hall–Kier alpha value is -0.690. The van der Waals surface area contributed by atoms with Crippen LogP contribution in [-0.2, 0) is 10.0 Å². The summed E-state index contributed by atoms with van der Waals surface area (Å²) < 4.78 is 40.2. The van der Waals surface area contributed by atoms with Crippen LogP contribution < -0.4 is 10.0 Å². The van der Waals surface area contributed by atoms with Crippen molar-refractivity contribution in [3.05, 3.63) is 30.1 Å². The third-order valence-corrected chi connectivity index (χ3v) is 5.06. The van der Waals surface area contributed by atoms with Gasteiger partial charge in [-0.25, -0.2) is 17.5 Å². The Morgan fingerprint density at radius 1 is 1.30 bits per heavy atom. The molecular weight excluding hydrogens is 303 g/mol. The molecule has 20 heavy (non-hydrogen) atoms. The maximum Gasteiger partial charge on any atom is 0.243 e. The van der Waals surface area contributed by atoms with Gasteiger partial charge in [-0.3, -0.25) is 0 Å². The fraction of sp³-hybridized carbons (Fsp3) is 0.538. The van der Waals surface area contributed by atoms with Crippen LogP contribution in [0.2, 0.25) is 0 Å². The summed E-state index contributed by atoms with van der Waals surface area (Å²) in [7, 11) is -3.77. The third-order valence-electron chi connectivity index (χ3n) is 3.63. The van der Waals surface area contributed by atoms with Gasteiger partial charge in [0.25, 0.3) is 0 Å². The topological polar surface area (TPSA) is 58.2 Å². The Kier molecular flexibility index (Phi) is 5.94. The number of hydrogen-bond acceptors (Lipinski definition) is 3. The Labute approximate surface area is 125 Å². The lowest BCUT2D eigenvalue weighted by atomic mass is 9.81. The summed E-state index contributed by atoms with van der Waals surface area (Å²) in [6.45, 7) is 4.17. The van der Waals surface area contributed by atoms with Gasteiger partial charge in [-0.1, -0.05) is 19.1 Å². The lowest BCUT2D eigenvalue weighted by Crippen LogP contribution is -2.42. The molecule has 2 N–H and O–H groups in total. The van der Waals surface area contributed by atoms with Crippen molar-refractivity contribution in [2.24, 2.45) is 5.41 Å². The predicted molar refractivity (Wildman–Crippen MR) is 79.0 cm³/mol. The van der Waals surface area contributed by atoms with E-state index in [0.29, 0.717) is 6.54 Å². The van der Waals surface area contributed by atoms with Gasteiger partial charge < -0.3 is 5.32 Å². The summed E-state index contributed by atoms with van der Waals surface area (Å²) in [5, 5.41) is 3.24. The first-order valence-electron chi connectivity index (χ1n) is 6.38. The molecule has 0 amide bonds. The number of nitrogens with one attached hydrogen (secondary N) is 2. The first-order valence-corrected chi connectivity index (χ1v) is 7.86. The number of halogens is 2. The number of benzene rings is 1. The standard InChI is InChI=1S/C13H19FN2O2S.ClH/c1-13(6-8-15-9-7-13)10-16-19(17,18)12-5-3-2-4-11(12)14;/h2-5,15-16H,6-10H2,1H3;1H. The van der Waals surface area contributed by atoms with Crippen molar-refractivity contribution in [2.45, 2.75) is 24.7 Å². The van der Waals surface area contributed by atoms with Crippen LogP contribution in [0.1, 0.15) is 19.8 Å². The summed E-state index contributed by atoms with van der Waals surface area (Å²) in [4.78, 5) is -0.285. The minimum Gasteiger partial charge on any atom is -0.317 e. The van der Waals surface area contributed by atoms with Crippen LogP contribution in [-0.4, -0.2) is 28.1 Å². The molecule has 1 aromatic rings. The average Bonchev–Trinajstić information content (AvgIpc) is 2.38. The van der Waals surface area contributed by atoms with E-state index in [2.05, 4.69) is 17.0 Å². The Morgan fingerprint density at radius 3 is 2.50 bits per heavy atom. The molecule has 1 aliphatic heterocycles. The van der Waals surface area contributed by atoms with Crippen molar-refractivity contribution in [1.82, 2.24) is 10.0 Å². The third kappa shape index (κ3) is 4.15. The molecule has 1 fully saturated rings. The van der Waals surface area contributed by atoms with Crippen molar-refractivity contribution in [3.8, 4) is 0 Å². The number of hydrogen-bond donors (Lipinski definition) is 2. The van der Waals surface area contributed by atoms with Crippen molar-refractivity contribution in [3.63, 3.8) is 0 Å². The maximum atomic E-state index is 13.5. The zero-order valence-corrected chi connectivity index (χ0v) is 13.0. The highest BCUT2D eigenvalue weighted by atomic mass is 35.5. The first-order chi connectivity index (χ1) is 8.93. The fourth-order valence-electron chi connectivity index (χ4n) is 2.22. The molecule has 0 spiro atoms. The van der Waals surface area contributed by atoms with Crippen LogP contribution in [0.25, 0.3) is 0 Å². The summed E-state index contributed by atoms with van der Waals surface area (Å²) >= 11 is 0. The Morgan fingerprint density at radius 2 is 1.90 bits per heavy atom. The molecule has 114 valence electrons. The highest BCUT2D eigenvalue weighted by molar-refractivity contribution is 7.89. The summed E-state index contributed by atoms with van der Waals surface area (Å²) in [5.41, 5.74) is -0.0659. The zero-order chi connectivity index (χ0) is 13.9. The lowest BCUT2D eigenvalue weighted by molar-refractivity contribution is 0.232. The monoisotopic (exact) mass is 322 g/mol. The van der Waals surface area contributed by atoms with E-state index >= 15 is 0 Å². The van der Waals surface area contributed by atoms with Crippen molar-refractivity contribution < 1.29 is 12.8 Å². The molecule has 2 rings (SSSR count). The molecule has 1 aromatic carbocycles. The van der Waals surface area contributed by atoms with Gasteiger partial charge in [-0.05, 0) is 43.5 Å². The van der Waals surface area contributed by atoms with E-state index < -0.39 is 15.8 Å². The number of piperidine rings is 1. The van der Waals surface area contributed by atoms with Crippen molar-refractivity contribution in [1.29, 1.82) is 0 Å². The lowest BCUT2D eigenvalue weighted by Gasteiger charge is -2.34. The van der Waals surface area contributed by atoms with Crippen LogP contribution in [0.15, 0.2) is 29.2 Å². The molecule has 0 atom stereocenters.